The van der Waals surface area contributed by atoms with E-state index >= 15 is 0 Å². The van der Waals surface area contributed by atoms with Crippen molar-refractivity contribution in [2.24, 2.45) is 0 Å². The molecular weight excluding hydrogens is 269 g/mol. The molecule has 1 N–H and O–H groups in total. The third-order valence-corrected chi connectivity index (χ3v) is 3.33. The summed E-state index contributed by atoms with van der Waals surface area (Å²) in [7, 11) is 0. The Morgan fingerprint density at radius 3 is 2.29 bits per heavy atom. The van der Waals surface area contributed by atoms with Crippen LogP contribution in [-0.4, -0.2) is 19.9 Å². The van der Waals surface area contributed by atoms with Gasteiger partial charge in [-0.1, -0.05) is 54.6 Å². The van der Waals surface area contributed by atoms with Gasteiger partial charge in [-0.3, -0.25) is 0 Å². The minimum atomic E-state index is -1.48. The number of benzene rings is 2. The molecule has 21 heavy (non-hydrogen) atoms. The lowest BCUT2D eigenvalue weighted by atomic mass is 9.96. The lowest BCUT2D eigenvalue weighted by Crippen LogP contribution is -2.11. The second-order valence-electron chi connectivity index (χ2n) is 4.65. The number of nitrogens with zero attached hydrogens (tertiary/aromatic N) is 3. The highest BCUT2D eigenvalue weighted by Gasteiger charge is 2.21. The zero-order valence-electron chi connectivity index (χ0n) is 11.2. The molecule has 3 rings (SSSR count). The maximum absolute atomic E-state index is 14.6. The van der Waals surface area contributed by atoms with Crippen molar-refractivity contribution in [1.29, 1.82) is 0 Å². The van der Waals surface area contributed by atoms with Crippen molar-refractivity contribution in [3.63, 3.8) is 0 Å². The maximum atomic E-state index is 14.6. The quantitative estimate of drug-likeness (QED) is 0.801. The monoisotopic (exact) mass is 283 g/mol. The largest absolute Gasteiger partial charge is 0.384 e. The number of hydrogen-bond acceptors (Lipinski definition) is 3. The molecule has 5 heteroatoms. The highest BCUT2D eigenvalue weighted by atomic mass is 19.1. The van der Waals surface area contributed by atoms with Gasteiger partial charge in [-0.25, -0.2) is 14.1 Å². The molecule has 0 bridgehead atoms. The van der Waals surface area contributed by atoms with Crippen LogP contribution in [0.5, 0.6) is 0 Å². The molecule has 0 fully saturated rings. The van der Waals surface area contributed by atoms with E-state index in [1.165, 1.54) is 12.7 Å². The number of aliphatic hydroxyl groups is 1. The van der Waals surface area contributed by atoms with E-state index in [4.69, 9.17) is 0 Å². The second-order valence-corrected chi connectivity index (χ2v) is 4.65. The Hall–Kier alpha value is -2.53. The van der Waals surface area contributed by atoms with Crippen LogP contribution < -0.4 is 0 Å². The zero-order chi connectivity index (χ0) is 14.7. The summed E-state index contributed by atoms with van der Waals surface area (Å²) in [5.41, 5.74) is 1.61. The van der Waals surface area contributed by atoms with E-state index in [0.717, 1.165) is 10.2 Å². The first-order chi connectivity index (χ1) is 10.3. The molecular formula is C16H14FN3O. The smallest absolute Gasteiger partial charge is 0.219 e. The van der Waals surface area contributed by atoms with E-state index in [2.05, 4.69) is 10.1 Å². The Bertz CT molecular complexity index is 701. The maximum Gasteiger partial charge on any atom is 0.219 e. The average Bonchev–Trinajstić information content (AvgIpc) is 3.09. The number of aromatic nitrogens is 3. The van der Waals surface area contributed by atoms with Gasteiger partial charge >= 0.3 is 0 Å². The number of rotatable bonds is 4. The lowest BCUT2D eigenvalue weighted by molar-refractivity contribution is 0.209. The Kier molecular flexibility index (Phi) is 3.75. The SMILES string of the molecule is OC(c1ccccc1)c1ccccc1C(F)n1cncn1. The summed E-state index contributed by atoms with van der Waals surface area (Å²) in [6.45, 7) is 0. The molecule has 4 nitrogen and oxygen atoms in total. The van der Waals surface area contributed by atoms with Crippen LogP contribution in [0, 0.1) is 0 Å². The van der Waals surface area contributed by atoms with Crippen molar-refractivity contribution in [3.05, 3.63) is 83.9 Å². The fraction of sp³-hybridized carbons (Fsp3) is 0.125. The number of hydrogen-bond donors (Lipinski definition) is 1. The van der Waals surface area contributed by atoms with Gasteiger partial charge in [0.1, 0.15) is 18.8 Å². The molecule has 2 aromatic carbocycles. The van der Waals surface area contributed by atoms with Crippen LogP contribution in [0.15, 0.2) is 67.3 Å². The van der Waals surface area contributed by atoms with E-state index in [-0.39, 0.29) is 0 Å². The van der Waals surface area contributed by atoms with E-state index < -0.39 is 12.4 Å². The molecule has 3 aromatic rings. The van der Waals surface area contributed by atoms with E-state index in [1.807, 2.05) is 30.3 Å². The average molecular weight is 283 g/mol. The minimum absolute atomic E-state index is 0.374. The van der Waals surface area contributed by atoms with Crippen LogP contribution in [0.3, 0.4) is 0 Å². The molecule has 106 valence electrons. The minimum Gasteiger partial charge on any atom is -0.384 e. The standard InChI is InChI=1S/C16H14FN3O/c17-16(20-11-18-10-19-20)14-9-5-4-8-13(14)15(21)12-6-2-1-3-7-12/h1-11,15-16,21H. The molecule has 2 unspecified atom stereocenters. The van der Waals surface area contributed by atoms with E-state index in [1.54, 1.807) is 24.3 Å². The van der Waals surface area contributed by atoms with Crippen LogP contribution in [0.25, 0.3) is 0 Å². The molecule has 0 amide bonds. The number of alkyl halides is 1. The van der Waals surface area contributed by atoms with Crippen molar-refractivity contribution in [3.8, 4) is 0 Å². The van der Waals surface area contributed by atoms with Crippen molar-refractivity contribution in [2.45, 2.75) is 12.4 Å². The van der Waals surface area contributed by atoms with Crippen LogP contribution >= 0.6 is 0 Å². The van der Waals surface area contributed by atoms with Gasteiger partial charge in [0.25, 0.3) is 0 Å². The first-order valence-corrected chi connectivity index (χ1v) is 6.57. The van der Waals surface area contributed by atoms with E-state index in [0.29, 0.717) is 11.1 Å². The molecule has 0 saturated carbocycles. The summed E-state index contributed by atoms with van der Waals surface area (Å²) in [5.74, 6) is 0. The van der Waals surface area contributed by atoms with Gasteiger partial charge in [-0.15, -0.1) is 0 Å². The highest BCUT2D eigenvalue weighted by Crippen LogP contribution is 2.30. The summed E-state index contributed by atoms with van der Waals surface area (Å²) in [6, 6.07) is 16.0. The van der Waals surface area contributed by atoms with Crippen molar-refractivity contribution < 1.29 is 9.50 Å². The zero-order valence-corrected chi connectivity index (χ0v) is 11.2. The Morgan fingerprint density at radius 1 is 0.952 bits per heavy atom. The highest BCUT2D eigenvalue weighted by molar-refractivity contribution is 5.37. The summed E-state index contributed by atoms with van der Waals surface area (Å²) in [4.78, 5) is 3.75. The van der Waals surface area contributed by atoms with Gasteiger partial charge in [-0.05, 0) is 11.1 Å². The molecule has 2 atom stereocenters. The summed E-state index contributed by atoms with van der Waals surface area (Å²) in [6.07, 6.45) is 0.227. The molecule has 0 saturated heterocycles. The molecule has 1 heterocycles. The van der Waals surface area contributed by atoms with Gasteiger partial charge in [0.05, 0.1) is 0 Å². The van der Waals surface area contributed by atoms with Gasteiger partial charge < -0.3 is 5.11 Å². The predicted molar refractivity (Wildman–Crippen MR) is 76.2 cm³/mol. The summed E-state index contributed by atoms with van der Waals surface area (Å²) < 4.78 is 15.7. The Labute approximate surface area is 121 Å². The Balaban J connectivity index is 2.00. The molecule has 0 aliphatic heterocycles. The third-order valence-electron chi connectivity index (χ3n) is 3.33. The third kappa shape index (κ3) is 2.68. The fourth-order valence-corrected chi connectivity index (χ4v) is 2.27. The lowest BCUT2D eigenvalue weighted by Gasteiger charge is -2.18. The molecule has 0 aliphatic rings. The summed E-state index contributed by atoms with van der Waals surface area (Å²) in [5, 5.41) is 14.3. The normalized spacial score (nSPS) is 13.8. The fourth-order valence-electron chi connectivity index (χ4n) is 2.27. The Morgan fingerprint density at radius 2 is 1.62 bits per heavy atom. The van der Waals surface area contributed by atoms with Crippen molar-refractivity contribution >= 4 is 0 Å². The molecule has 0 spiro atoms. The molecule has 0 aliphatic carbocycles. The predicted octanol–water partition coefficient (Wildman–Crippen LogP) is 2.88. The van der Waals surface area contributed by atoms with Gasteiger partial charge in [-0.2, -0.15) is 5.10 Å². The van der Waals surface area contributed by atoms with E-state index in [9.17, 15) is 9.50 Å². The molecule has 0 radical (unpaired) electrons. The van der Waals surface area contributed by atoms with Crippen LogP contribution in [0.4, 0.5) is 4.39 Å². The summed E-state index contributed by atoms with van der Waals surface area (Å²) >= 11 is 0. The number of aliphatic hydroxyl groups excluding tert-OH is 1. The van der Waals surface area contributed by atoms with Gasteiger partial charge in [0, 0.05) is 5.56 Å². The molecule has 1 aromatic heterocycles. The van der Waals surface area contributed by atoms with Crippen molar-refractivity contribution in [1.82, 2.24) is 14.8 Å². The van der Waals surface area contributed by atoms with Gasteiger partial charge in [0.15, 0.2) is 0 Å². The second kappa shape index (κ2) is 5.85. The van der Waals surface area contributed by atoms with Gasteiger partial charge in [0.2, 0.25) is 6.30 Å². The first-order valence-electron chi connectivity index (χ1n) is 6.57. The number of halogens is 1. The van der Waals surface area contributed by atoms with Crippen LogP contribution in [0.1, 0.15) is 29.1 Å². The van der Waals surface area contributed by atoms with Crippen LogP contribution in [0.2, 0.25) is 0 Å². The first kappa shape index (κ1) is 13.5. The van der Waals surface area contributed by atoms with Crippen molar-refractivity contribution in [2.75, 3.05) is 0 Å². The van der Waals surface area contributed by atoms with Crippen LogP contribution in [-0.2, 0) is 0 Å². The topological polar surface area (TPSA) is 50.9 Å².